The van der Waals surface area contributed by atoms with Gasteiger partial charge in [0.2, 0.25) is 5.88 Å². The Morgan fingerprint density at radius 2 is 2.12 bits per heavy atom. The van der Waals surface area contributed by atoms with E-state index < -0.39 is 5.97 Å². The first-order chi connectivity index (χ1) is 7.66. The lowest BCUT2D eigenvalue weighted by Gasteiger charge is -2.19. The van der Waals surface area contributed by atoms with Crippen molar-refractivity contribution in [3.8, 4) is 0 Å². The molecule has 1 aliphatic heterocycles. The summed E-state index contributed by atoms with van der Waals surface area (Å²) in [6.07, 6.45) is 0. The number of carbonyl (C=O) groups is 1. The SMILES string of the molecule is CC(=O)OC1=C([O-])CN(c2ccccc2)N1. The largest absolute Gasteiger partial charge is 0.871 e. The molecule has 0 fully saturated rings. The van der Waals surface area contributed by atoms with Crippen molar-refractivity contribution in [2.24, 2.45) is 0 Å². The summed E-state index contributed by atoms with van der Waals surface area (Å²) in [5.41, 5.74) is 3.59. The first kappa shape index (κ1) is 10.4. The van der Waals surface area contributed by atoms with Gasteiger partial charge in [-0.3, -0.25) is 15.2 Å². The van der Waals surface area contributed by atoms with Crippen LogP contribution >= 0.6 is 0 Å². The number of hydrazine groups is 1. The number of esters is 1. The summed E-state index contributed by atoms with van der Waals surface area (Å²) in [5.74, 6) is -0.763. The van der Waals surface area contributed by atoms with Crippen LogP contribution in [0.4, 0.5) is 5.69 Å². The molecule has 16 heavy (non-hydrogen) atoms. The van der Waals surface area contributed by atoms with Gasteiger partial charge in [0.25, 0.3) is 0 Å². The van der Waals surface area contributed by atoms with Crippen LogP contribution in [0.25, 0.3) is 0 Å². The van der Waals surface area contributed by atoms with E-state index in [1.807, 2.05) is 30.3 Å². The monoisotopic (exact) mass is 219 g/mol. The average molecular weight is 219 g/mol. The fourth-order valence-corrected chi connectivity index (χ4v) is 1.43. The number of benzene rings is 1. The second-order valence-corrected chi connectivity index (χ2v) is 3.38. The number of hydrogen-bond acceptors (Lipinski definition) is 5. The van der Waals surface area contributed by atoms with Gasteiger partial charge in [0.05, 0.1) is 12.2 Å². The Bertz CT molecular complexity index is 428. The van der Waals surface area contributed by atoms with Crippen molar-refractivity contribution >= 4 is 11.7 Å². The van der Waals surface area contributed by atoms with Gasteiger partial charge in [0.1, 0.15) is 0 Å². The van der Waals surface area contributed by atoms with Gasteiger partial charge in [-0.05, 0) is 17.9 Å². The molecule has 0 saturated heterocycles. The summed E-state index contributed by atoms with van der Waals surface area (Å²) in [6.45, 7) is 1.42. The highest BCUT2D eigenvalue weighted by atomic mass is 16.6. The van der Waals surface area contributed by atoms with Crippen molar-refractivity contribution in [2.75, 3.05) is 11.6 Å². The van der Waals surface area contributed by atoms with Crippen LogP contribution in [0.1, 0.15) is 6.92 Å². The molecule has 0 saturated carbocycles. The van der Waals surface area contributed by atoms with Crippen molar-refractivity contribution in [1.82, 2.24) is 5.43 Å². The molecule has 1 aliphatic rings. The highest BCUT2D eigenvalue weighted by molar-refractivity contribution is 5.67. The van der Waals surface area contributed by atoms with E-state index in [4.69, 9.17) is 4.74 Å². The fraction of sp³-hybridized carbons (Fsp3) is 0.182. The van der Waals surface area contributed by atoms with E-state index in [1.54, 1.807) is 5.01 Å². The molecule has 2 rings (SSSR count). The normalized spacial score (nSPS) is 14.9. The highest BCUT2D eigenvalue weighted by Crippen LogP contribution is 2.18. The Balaban J connectivity index is 2.08. The lowest BCUT2D eigenvalue weighted by Crippen LogP contribution is -2.33. The van der Waals surface area contributed by atoms with Gasteiger partial charge in [-0.1, -0.05) is 18.2 Å². The van der Waals surface area contributed by atoms with Crippen LogP contribution in [-0.4, -0.2) is 12.5 Å². The third-order valence-electron chi connectivity index (χ3n) is 2.11. The predicted octanol–water partition coefficient (Wildman–Crippen LogP) is 0.104. The Kier molecular flexibility index (Phi) is 2.68. The number of nitrogens with one attached hydrogen (secondary N) is 1. The Hall–Kier alpha value is -2.17. The maximum absolute atomic E-state index is 11.5. The van der Waals surface area contributed by atoms with E-state index in [0.29, 0.717) is 0 Å². The van der Waals surface area contributed by atoms with Crippen LogP contribution in [0.5, 0.6) is 0 Å². The lowest BCUT2D eigenvalue weighted by molar-refractivity contribution is -0.306. The number of anilines is 1. The molecule has 5 nitrogen and oxygen atoms in total. The van der Waals surface area contributed by atoms with Crippen LogP contribution in [0.15, 0.2) is 42.0 Å². The van der Waals surface area contributed by atoms with E-state index in [-0.39, 0.29) is 18.2 Å². The number of ether oxygens (including phenoxy) is 1. The average Bonchev–Trinajstić information content (AvgIpc) is 2.61. The molecule has 0 bridgehead atoms. The molecule has 1 heterocycles. The summed E-state index contributed by atoms with van der Waals surface area (Å²) >= 11 is 0. The van der Waals surface area contributed by atoms with Crippen LogP contribution in [0, 0.1) is 0 Å². The van der Waals surface area contributed by atoms with E-state index in [1.165, 1.54) is 6.92 Å². The maximum Gasteiger partial charge on any atom is 0.309 e. The number of hydrogen-bond donors (Lipinski definition) is 1. The molecule has 0 spiro atoms. The minimum Gasteiger partial charge on any atom is -0.871 e. The molecule has 0 aliphatic carbocycles. The maximum atomic E-state index is 11.5. The summed E-state index contributed by atoms with van der Waals surface area (Å²) in [4.78, 5) is 10.7. The third kappa shape index (κ3) is 2.08. The quantitative estimate of drug-likeness (QED) is 0.715. The zero-order valence-corrected chi connectivity index (χ0v) is 8.77. The fourth-order valence-electron chi connectivity index (χ4n) is 1.43. The lowest BCUT2D eigenvalue weighted by atomic mass is 10.3. The molecule has 0 unspecified atom stereocenters. The molecule has 0 atom stereocenters. The van der Waals surface area contributed by atoms with Gasteiger partial charge in [0.15, 0.2) is 0 Å². The molecular formula is C11H11N2O3-. The predicted molar refractivity (Wildman–Crippen MR) is 55.7 cm³/mol. The first-order valence-corrected chi connectivity index (χ1v) is 4.84. The summed E-state index contributed by atoms with van der Waals surface area (Å²) < 4.78 is 4.75. The first-order valence-electron chi connectivity index (χ1n) is 4.84. The standard InChI is InChI=1S/C11H12N2O3/c1-8(14)16-11-10(15)7-13(12-11)9-5-3-2-4-6-9/h2-6,12,15H,7H2,1H3/p-1. The summed E-state index contributed by atoms with van der Waals surface area (Å²) in [7, 11) is 0. The molecule has 84 valence electrons. The van der Waals surface area contributed by atoms with Crippen LogP contribution in [0.2, 0.25) is 0 Å². The van der Waals surface area contributed by atoms with Crippen molar-refractivity contribution in [2.45, 2.75) is 6.92 Å². The van der Waals surface area contributed by atoms with Crippen molar-refractivity contribution < 1.29 is 14.6 Å². The summed E-state index contributed by atoms with van der Waals surface area (Å²) in [5, 5.41) is 13.1. The van der Waals surface area contributed by atoms with Gasteiger partial charge < -0.3 is 9.84 Å². The Morgan fingerprint density at radius 3 is 2.75 bits per heavy atom. The number of nitrogens with zero attached hydrogens (tertiary/aromatic N) is 1. The Labute approximate surface area is 92.9 Å². The second kappa shape index (κ2) is 4.14. The molecule has 5 heteroatoms. The van der Waals surface area contributed by atoms with E-state index in [9.17, 15) is 9.90 Å². The Morgan fingerprint density at radius 1 is 1.44 bits per heavy atom. The molecule has 0 radical (unpaired) electrons. The van der Waals surface area contributed by atoms with Gasteiger partial charge in [-0.25, -0.2) is 0 Å². The van der Waals surface area contributed by atoms with Crippen molar-refractivity contribution in [3.63, 3.8) is 0 Å². The smallest absolute Gasteiger partial charge is 0.309 e. The van der Waals surface area contributed by atoms with E-state index in [0.717, 1.165) is 5.69 Å². The topological polar surface area (TPSA) is 64.6 Å². The number of carbonyl (C=O) groups excluding carboxylic acids is 1. The minimum absolute atomic E-state index is 0.0173. The van der Waals surface area contributed by atoms with Crippen LogP contribution in [0.3, 0.4) is 0 Å². The molecule has 0 aromatic heterocycles. The second-order valence-electron chi connectivity index (χ2n) is 3.38. The molecule has 0 amide bonds. The third-order valence-corrected chi connectivity index (χ3v) is 2.11. The number of para-hydroxylation sites is 1. The van der Waals surface area contributed by atoms with Gasteiger partial charge in [-0.2, -0.15) is 0 Å². The van der Waals surface area contributed by atoms with Gasteiger partial charge in [-0.15, -0.1) is 0 Å². The van der Waals surface area contributed by atoms with Crippen LogP contribution < -0.4 is 15.5 Å². The van der Waals surface area contributed by atoms with Crippen molar-refractivity contribution in [3.05, 3.63) is 42.0 Å². The zero-order chi connectivity index (χ0) is 11.5. The number of rotatable bonds is 2. The molecule has 1 aromatic rings. The zero-order valence-electron chi connectivity index (χ0n) is 8.77. The minimum atomic E-state index is -0.509. The van der Waals surface area contributed by atoms with E-state index in [2.05, 4.69) is 5.43 Å². The van der Waals surface area contributed by atoms with Crippen LogP contribution in [-0.2, 0) is 9.53 Å². The van der Waals surface area contributed by atoms with Crippen molar-refractivity contribution in [1.29, 1.82) is 0 Å². The summed E-state index contributed by atoms with van der Waals surface area (Å²) in [6, 6.07) is 9.34. The molecular weight excluding hydrogens is 208 g/mol. The van der Waals surface area contributed by atoms with Gasteiger partial charge >= 0.3 is 5.97 Å². The van der Waals surface area contributed by atoms with Gasteiger partial charge in [0, 0.05) is 6.92 Å². The van der Waals surface area contributed by atoms with E-state index >= 15 is 0 Å². The highest BCUT2D eigenvalue weighted by Gasteiger charge is 2.18. The molecule has 1 aromatic carbocycles. The molecule has 1 N–H and O–H groups in total.